The summed E-state index contributed by atoms with van der Waals surface area (Å²) in [6.07, 6.45) is 1.97. The van der Waals surface area contributed by atoms with Crippen molar-refractivity contribution in [2.45, 2.75) is 20.8 Å². The molecule has 0 fully saturated rings. The molecule has 2 aromatic rings. The van der Waals surface area contributed by atoms with Gasteiger partial charge < -0.3 is 10.1 Å². The second-order valence-corrected chi connectivity index (χ2v) is 5.91. The third-order valence-corrected chi connectivity index (χ3v) is 3.62. The number of carbonyl (C=O) groups excluding carboxylic acids is 1. The van der Waals surface area contributed by atoms with Gasteiger partial charge in [0.1, 0.15) is 12.4 Å². The van der Waals surface area contributed by atoms with Gasteiger partial charge in [0.05, 0.1) is 5.02 Å². The molecule has 0 atom stereocenters. The van der Waals surface area contributed by atoms with Crippen LogP contribution in [0.3, 0.4) is 0 Å². The van der Waals surface area contributed by atoms with Crippen molar-refractivity contribution in [1.82, 2.24) is 0 Å². The molecule has 0 spiro atoms. The topological polar surface area (TPSA) is 38.3 Å². The summed E-state index contributed by atoms with van der Waals surface area (Å²) in [5.74, 6) is 0.396. The summed E-state index contributed by atoms with van der Waals surface area (Å²) in [4.78, 5) is 12.3. The molecule has 0 heterocycles. The largest absolute Gasteiger partial charge is 0.488 e. The van der Waals surface area contributed by atoms with Crippen molar-refractivity contribution in [2.24, 2.45) is 0 Å². The number of anilines is 1. The van der Waals surface area contributed by atoms with E-state index in [2.05, 4.69) is 5.32 Å². The standard InChI is InChI=1S/C19H20ClNO2/c1-13(2)10-11-23-18-12-15(8-9-17(18)20)21-19(22)16-7-5-4-6-14(16)3/h4-10,12H,11H2,1-3H3,(H,21,22). The maximum absolute atomic E-state index is 12.3. The Morgan fingerprint density at radius 1 is 1.22 bits per heavy atom. The fourth-order valence-electron chi connectivity index (χ4n) is 2.02. The minimum atomic E-state index is -0.152. The number of ether oxygens (including phenoxy) is 1. The Labute approximate surface area is 141 Å². The van der Waals surface area contributed by atoms with E-state index in [4.69, 9.17) is 16.3 Å². The Balaban J connectivity index is 2.13. The molecule has 0 aliphatic rings. The molecule has 120 valence electrons. The van der Waals surface area contributed by atoms with Gasteiger partial charge >= 0.3 is 0 Å². The Hall–Kier alpha value is -2.26. The second kappa shape index (κ2) is 7.84. The third-order valence-electron chi connectivity index (χ3n) is 3.31. The van der Waals surface area contributed by atoms with Crippen LogP contribution in [0, 0.1) is 6.92 Å². The van der Waals surface area contributed by atoms with Gasteiger partial charge in [0.25, 0.3) is 5.91 Å². The first-order chi connectivity index (χ1) is 11.0. The molecule has 0 aliphatic heterocycles. The maximum Gasteiger partial charge on any atom is 0.255 e. The van der Waals surface area contributed by atoms with Gasteiger partial charge in [-0.2, -0.15) is 0 Å². The molecule has 3 nitrogen and oxygen atoms in total. The quantitative estimate of drug-likeness (QED) is 0.761. The average Bonchev–Trinajstić information content (AvgIpc) is 2.50. The maximum atomic E-state index is 12.3. The van der Waals surface area contributed by atoms with Crippen LogP contribution < -0.4 is 10.1 Å². The van der Waals surface area contributed by atoms with Gasteiger partial charge in [0.15, 0.2) is 0 Å². The lowest BCUT2D eigenvalue weighted by atomic mass is 10.1. The van der Waals surface area contributed by atoms with Gasteiger partial charge in [0, 0.05) is 17.3 Å². The Kier molecular flexibility index (Phi) is 5.83. The van der Waals surface area contributed by atoms with Crippen LogP contribution in [0.1, 0.15) is 29.8 Å². The highest BCUT2D eigenvalue weighted by molar-refractivity contribution is 6.32. The summed E-state index contributed by atoms with van der Waals surface area (Å²) in [7, 11) is 0. The van der Waals surface area contributed by atoms with Crippen LogP contribution in [0.5, 0.6) is 5.75 Å². The second-order valence-electron chi connectivity index (χ2n) is 5.51. The van der Waals surface area contributed by atoms with Gasteiger partial charge in [-0.25, -0.2) is 0 Å². The van der Waals surface area contributed by atoms with E-state index in [1.165, 1.54) is 5.57 Å². The summed E-state index contributed by atoms with van der Waals surface area (Å²) in [6.45, 7) is 6.36. The molecule has 1 N–H and O–H groups in total. The van der Waals surface area contributed by atoms with Crippen molar-refractivity contribution >= 4 is 23.2 Å². The highest BCUT2D eigenvalue weighted by atomic mass is 35.5. The molecule has 2 rings (SSSR count). The van der Waals surface area contributed by atoms with Gasteiger partial charge in [-0.15, -0.1) is 0 Å². The van der Waals surface area contributed by atoms with E-state index >= 15 is 0 Å². The first-order valence-corrected chi connectivity index (χ1v) is 7.78. The molecular weight excluding hydrogens is 310 g/mol. The molecule has 0 saturated carbocycles. The molecular formula is C19H20ClNO2. The lowest BCUT2D eigenvalue weighted by Gasteiger charge is -2.11. The lowest BCUT2D eigenvalue weighted by Crippen LogP contribution is -2.13. The first kappa shape index (κ1) is 17.1. The minimum absolute atomic E-state index is 0.152. The van der Waals surface area contributed by atoms with Crippen molar-refractivity contribution in [3.05, 3.63) is 70.3 Å². The fourth-order valence-corrected chi connectivity index (χ4v) is 2.19. The molecule has 2 aromatic carbocycles. The number of carbonyl (C=O) groups is 1. The molecule has 4 heteroatoms. The Morgan fingerprint density at radius 2 is 1.96 bits per heavy atom. The van der Waals surface area contributed by atoms with E-state index in [9.17, 15) is 4.79 Å². The van der Waals surface area contributed by atoms with Crippen molar-refractivity contribution in [3.8, 4) is 5.75 Å². The first-order valence-electron chi connectivity index (χ1n) is 7.40. The zero-order chi connectivity index (χ0) is 16.8. The van der Waals surface area contributed by atoms with E-state index in [0.717, 1.165) is 5.56 Å². The van der Waals surface area contributed by atoms with E-state index < -0.39 is 0 Å². The monoisotopic (exact) mass is 329 g/mol. The summed E-state index contributed by atoms with van der Waals surface area (Å²) < 4.78 is 5.64. The highest BCUT2D eigenvalue weighted by Gasteiger charge is 2.10. The summed E-state index contributed by atoms with van der Waals surface area (Å²) >= 11 is 6.13. The molecule has 0 aliphatic carbocycles. The number of benzene rings is 2. The predicted octanol–water partition coefficient (Wildman–Crippen LogP) is 5.25. The molecule has 1 amide bonds. The number of halogens is 1. The average molecular weight is 330 g/mol. The van der Waals surface area contributed by atoms with Crippen molar-refractivity contribution in [2.75, 3.05) is 11.9 Å². The van der Waals surface area contributed by atoms with Crippen LogP contribution in [0.15, 0.2) is 54.1 Å². The number of nitrogens with one attached hydrogen (secondary N) is 1. The third kappa shape index (κ3) is 4.86. The van der Waals surface area contributed by atoms with E-state index in [-0.39, 0.29) is 5.91 Å². The van der Waals surface area contributed by atoms with Crippen LogP contribution in [-0.2, 0) is 0 Å². The number of aryl methyl sites for hydroxylation is 1. The number of rotatable bonds is 5. The molecule has 23 heavy (non-hydrogen) atoms. The molecule has 0 radical (unpaired) electrons. The summed E-state index contributed by atoms with van der Waals surface area (Å²) in [5, 5.41) is 3.39. The fraction of sp³-hybridized carbons (Fsp3) is 0.211. The van der Waals surface area contributed by atoms with E-state index in [1.807, 2.05) is 45.0 Å². The smallest absolute Gasteiger partial charge is 0.255 e. The van der Waals surface area contributed by atoms with Crippen molar-refractivity contribution < 1.29 is 9.53 Å². The van der Waals surface area contributed by atoms with Crippen molar-refractivity contribution in [1.29, 1.82) is 0 Å². The summed E-state index contributed by atoms with van der Waals surface area (Å²) in [6, 6.07) is 12.7. The molecule has 0 bridgehead atoms. The van der Waals surface area contributed by atoms with Gasteiger partial charge in [-0.3, -0.25) is 4.79 Å². The number of hydrogen-bond acceptors (Lipinski definition) is 2. The summed E-state index contributed by atoms with van der Waals surface area (Å²) in [5.41, 5.74) is 3.40. The van der Waals surface area contributed by atoms with Gasteiger partial charge in [0.2, 0.25) is 0 Å². The minimum Gasteiger partial charge on any atom is -0.488 e. The van der Waals surface area contributed by atoms with Crippen LogP contribution in [0.4, 0.5) is 5.69 Å². The van der Waals surface area contributed by atoms with Crippen LogP contribution in [0.25, 0.3) is 0 Å². The van der Waals surface area contributed by atoms with E-state index in [1.54, 1.807) is 24.3 Å². The van der Waals surface area contributed by atoms with Gasteiger partial charge in [-0.05, 0) is 50.6 Å². The molecule has 0 saturated heterocycles. The van der Waals surface area contributed by atoms with Crippen LogP contribution in [-0.4, -0.2) is 12.5 Å². The normalized spacial score (nSPS) is 10.1. The SMILES string of the molecule is CC(C)=CCOc1cc(NC(=O)c2ccccc2C)ccc1Cl. The van der Waals surface area contributed by atoms with Crippen LogP contribution in [0.2, 0.25) is 5.02 Å². The van der Waals surface area contributed by atoms with E-state index in [0.29, 0.717) is 28.6 Å². The molecule has 0 unspecified atom stereocenters. The Morgan fingerprint density at radius 3 is 2.65 bits per heavy atom. The predicted molar refractivity (Wildman–Crippen MR) is 95.5 cm³/mol. The lowest BCUT2D eigenvalue weighted by molar-refractivity contribution is 0.102. The zero-order valence-corrected chi connectivity index (χ0v) is 14.3. The van der Waals surface area contributed by atoms with Gasteiger partial charge in [-0.1, -0.05) is 35.4 Å². The Bertz CT molecular complexity index is 734. The highest BCUT2D eigenvalue weighted by Crippen LogP contribution is 2.28. The van der Waals surface area contributed by atoms with Crippen LogP contribution >= 0.6 is 11.6 Å². The van der Waals surface area contributed by atoms with Crippen molar-refractivity contribution in [3.63, 3.8) is 0 Å². The number of amides is 1. The number of hydrogen-bond donors (Lipinski definition) is 1. The zero-order valence-electron chi connectivity index (χ0n) is 13.5. The number of allylic oxidation sites excluding steroid dienone is 1. The molecule has 0 aromatic heterocycles.